The molecule has 1 aliphatic heterocycles. The van der Waals surface area contributed by atoms with E-state index in [1.54, 1.807) is 0 Å². The molecule has 0 aliphatic carbocycles. The Morgan fingerprint density at radius 3 is 2.83 bits per heavy atom. The van der Waals surface area contributed by atoms with Gasteiger partial charge in [0.1, 0.15) is 0 Å². The van der Waals surface area contributed by atoms with Gasteiger partial charge in [-0.25, -0.2) is 0 Å². The molecule has 2 nitrogen and oxygen atoms in total. The number of carbonyl (C=O) groups is 1. The SMILES string of the molecule is O=C1CC(c2cccc(Cl)c2)N1. The lowest BCUT2D eigenvalue weighted by atomic mass is 9.97. The molecule has 1 atom stereocenters. The summed E-state index contributed by atoms with van der Waals surface area (Å²) in [7, 11) is 0. The molecule has 1 aliphatic rings. The van der Waals surface area contributed by atoms with Crippen LogP contribution in [-0.4, -0.2) is 5.91 Å². The predicted molar refractivity (Wildman–Crippen MR) is 47.0 cm³/mol. The van der Waals surface area contributed by atoms with Crippen LogP contribution in [0.4, 0.5) is 0 Å². The summed E-state index contributed by atoms with van der Waals surface area (Å²) in [6.07, 6.45) is 0.584. The van der Waals surface area contributed by atoms with E-state index in [0.29, 0.717) is 11.4 Å². The minimum atomic E-state index is 0.111. The third kappa shape index (κ3) is 1.30. The molecule has 1 amide bonds. The summed E-state index contributed by atoms with van der Waals surface area (Å²) < 4.78 is 0. The number of β-lactam (4-membered cyclic amide) rings is 1. The van der Waals surface area contributed by atoms with Crippen LogP contribution in [0, 0.1) is 0 Å². The number of benzene rings is 1. The maximum Gasteiger partial charge on any atom is 0.222 e. The number of rotatable bonds is 1. The molecular weight excluding hydrogens is 174 g/mol. The third-order valence-corrected chi connectivity index (χ3v) is 2.21. The zero-order chi connectivity index (χ0) is 8.55. The van der Waals surface area contributed by atoms with Crippen LogP contribution in [0.15, 0.2) is 24.3 Å². The number of carbonyl (C=O) groups excluding carboxylic acids is 1. The fraction of sp³-hybridized carbons (Fsp3) is 0.222. The topological polar surface area (TPSA) is 29.1 Å². The second-order valence-corrected chi connectivity index (χ2v) is 3.32. The summed E-state index contributed by atoms with van der Waals surface area (Å²) in [5.41, 5.74) is 1.09. The molecule has 1 unspecified atom stereocenters. The maximum absolute atomic E-state index is 10.6. The first-order valence-electron chi connectivity index (χ1n) is 3.80. The Hall–Kier alpha value is -1.02. The summed E-state index contributed by atoms with van der Waals surface area (Å²) >= 11 is 5.79. The van der Waals surface area contributed by atoms with Crippen molar-refractivity contribution < 1.29 is 4.79 Å². The highest BCUT2D eigenvalue weighted by Gasteiger charge is 2.26. The zero-order valence-electron chi connectivity index (χ0n) is 6.38. The Morgan fingerprint density at radius 1 is 1.50 bits per heavy atom. The Balaban J connectivity index is 2.18. The molecule has 2 rings (SSSR count). The molecule has 0 radical (unpaired) electrons. The number of hydrogen-bond acceptors (Lipinski definition) is 1. The summed E-state index contributed by atoms with van der Waals surface area (Å²) in [5, 5.41) is 3.51. The average molecular weight is 182 g/mol. The first-order valence-corrected chi connectivity index (χ1v) is 4.18. The van der Waals surface area contributed by atoms with E-state index >= 15 is 0 Å². The molecule has 1 heterocycles. The van der Waals surface area contributed by atoms with Gasteiger partial charge in [0, 0.05) is 5.02 Å². The van der Waals surface area contributed by atoms with Crippen molar-refractivity contribution in [3.63, 3.8) is 0 Å². The second kappa shape index (κ2) is 2.79. The molecule has 0 spiro atoms. The summed E-state index contributed by atoms with van der Waals surface area (Å²) in [6.45, 7) is 0. The van der Waals surface area contributed by atoms with Crippen LogP contribution in [0.5, 0.6) is 0 Å². The minimum Gasteiger partial charge on any atom is -0.349 e. The van der Waals surface area contributed by atoms with Gasteiger partial charge in [-0.05, 0) is 17.7 Å². The van der Waals surface area contributed by atoms with Crippen LogP contribution in [0.1, 0.15) is 18.0 Å². The van der Waals surface area contributed by atoms with E-state index in [2.05, 4.69) is 5.32 Å². The van der Waals surface area contributed by atoms with Crippen molar-refractivity contribution in [3.05, 3.63) is 34.9 Å². The van der Waals surface area contributed by atoms with Crippen molar-refractivity contribution in [2.75, 3.05) is 0 Å². The second-order valence-electron chi connectivity index (χ2n) is 2.88. The van der Waals surface area contributed by atoms with Gasteiger partial charge in [-0.2, -0.15) is 0 Å². The van der Waals surface area contributed by atoms with Crippen molar-refractivity contribution in [3.8, 4) is 0 Å². The molecule has 1 aromatic carbocycles. The average Bonchev–Trinajstić information content (AvgIpc) is 1.99. The molecule has 12 heavy (non-hydrogen) atoms. The number of amides is 1. The molecular formula is C9H8ClNO. The first kappa shape index (κ1) is 7.62. The van der Waals surface area contributed by atoms with Gasteiger partial charge >= 0.3 is 0 Å². The third-order valence-electron chi connectivity index (χ3n) is 1.98. The van der Waals surface area contributed by atoms with Crippen molar-refractivity contribution in [2.24, 2.45) is 0 Å². The standard InChI is InChI=1S/C9H8ClNO/c10-7-3-1-2-6(4-7)8-5-9(12)11-8/h1-4,8H,5H2,(H,11,12). The Labute approximate surface area is 75.5 Å². The van der Waals surface area contributed by atoms with E-state index in [-0.39, 0.29) is 11.9 Å². The first-order chi connectivity index (χ1) is 5.75. The molecule has 0 saturated carbocycles. The van der Waals surface area contributed by atoms with Crippen molar-refractivity contribution in [1.29, 1.82) is 0 Å². The maximum atomic E-state index is 10.6. The van der Waals surface area contributed by atoms with Crippen LogP contribution < -0.4 is 5.32 Å². The van der Waals surface area contributed by atoms with Gasteiger partial charge in [0.15, 0.2) is 0 Å². The van der Waals surface area contributed by atoms with Crippen LogP contribution in [0.2, 0.25) is 5.02 Å². The van der Waals surface area contributed by atoms with Crippen LogP contribution >= 0.6 is 11.6 Å². The summed E-state index contributed by atoms with van der Waals surface area (Å²) in [6, 6.07) is 7.74. The highest BCUT2D eigenvalue weighted by molar-refractivity contribution is 6.30. The van der Waals surface area contributed by atoms with Gasteiger partial charge in [-0.1, -0.05) is 23.7 Å². The van der Waals surface area contributed by atoms with Crippen LogP contribution in [0.25, 0.3) is 0 Å². The molecule has 0 bridgehead atoms. The number of nitrogens with one attached hydrogen (secondary N) is 1. The van der Waals surface area contributed by atoms with Gasteiger partial charge in [0.05, 0.1) is 12.5 Å². The molecule has 1 saturated heterocycles. The van der Waals surface area contributed by atoms with Crippen LogP contribution in [0.3, 0.4) is 0 Å². The number of halogens is 1. The molecule has 0 aromatic heterocycles. The lowest BCUT2D eigenvalue weighted by Gasteiger charge is -2.27. The van der Waals surface area contributed by atoms with Crippen LogP contribution in [-0.2, 0) is 4.79 Å². The lowest BCUT2D eigenvalue weighted by Crippen LogP contribution is -2.41. The van der Waals surface area contributed by atoms with E-state index in [1.807, 2.05) is 24.3 Å². The zero-order valence-corrected chi connectivity index (χ0v) is 7.14. The van der Waals surface area contributed by atoms with Crippen molar-refractivity contribution in [2.45, 2.75) is 12.5 Å². The fourth-order valence-electron chi connectivity index (χ4n) is 1.28. The van der Waals surface area contributed by atoms with E-state index in [0.717, 1.165) is 5.56 Å². The quantitative estimate of drug-likeness (QED) is 0.659. The van der Waals surface area contributed by atoms with E-state index in [9.17, 15) is 4.79 Å². The van der Waals surface area contributed by atoms with Gasteiger partial charge in [0.2, 0.25) is 5.91 Å². The van der Waals surface area contributed by atoms with Gasteiger partial charge in [0.25, 0.3) is 0 Å². The minimum absolute atomic E-state index is 0.111. The van der Waals surface area contributed by atoms with E-state index in [4.69, 9.17) is 11.6 Å². The molecule has 62 valence electrons. The molecule has 1 aromatic rings. The van der Waals surface area contributed by atoms with Gasteiger partial charge < -0.3 is 5.32 Å². The smallest absolute Gasteiger partial charge is 0.222 e. The van der Waals surface area contributed by atoms with Gasteiger partial charge in [-0.3, -0.25) is 4.79 Å². The monoisotopic (exact) mass is 181 g/mol. The van der Waals surface area contributed by atoms with E-state index < -0.39 is 0 Å². The Morgan fingerprint density at radius 2 is 2.25 bits per heavy atom. The van der Waals surface area contributed by atoms with Crippen molar-refractivity contribution >= 4 is 17.5 Å². The van der Waals surface area contributed by atoms with Gasteiger partial charge in [-0.15, -0.1) is 0 Å². The fourth-order valence-corrected chi connectivity index (χ4v) is 1.48. The summed E-state index contributed by atoms with van der Waals surface area (Å²) in [4.78, 5) is 10.6. The largest absolute Gasteiger partial charge is 0.349 e. The highest BCUT2D eigenvalue weighted by Crippen LogP contribution is 2.25. The lowest BCUT2D eigenvalue weighted by molar-refractivity contribution is -0.128. The molecule has 1 fully saturated rings. The predicted octanol–water partition coefficient (Wildman–Crippen LogP) is 1.90. The molecule has 1 N–H and O–H groups in total. The van der Waals surface area contributed by atoms with Crippen molar-refractivity contribution in [1.82, 2.24) is 5.32 Å². The Bertz CT molecular complexity index is 316. The normalized spacial score (nSPS) is 21.4. The highest BCUT2D eigenvalue weighted by atomic mass is 35.5. The summed E-state index contributed by atoms with van der Waals surface area (Å²) in [5.74, 6) is 0.111. The molecule has 3 heteroatoms. The number of hydrogen-bond donors (Lipinski definition) is 1. The Kier molecular flexibility index (Phi) is 1.77. The van der Waals surface area contributed by atoms with E-state index in [1.165, 1.54) is 0 Å².